The quantitative estimate of drug-likeness (QED) is 0.481. The molecule has 0 aliphatic carbocycles. The summed E-state index contributed by atoms with van der Waals surface area (Å²) in [6.07, 6.45) is 3.38. The second-order valence-corrected chi connectivity index (χ2v) is 8.38. The third kappa shape index (κ3) is 4.92. The van der Waals surface area contributed by atoms with Crippen molar-refractivity contribution < 1.29 is 24.2 Å². The van der Waals surface area contributed by atoms with Gasteiger partial charge in [0.1, 0.15) is 6.54 Å². The predicted molar refractivity (Wildman–Crippen MR) is 119 cm³/mol. The van der Waals surface area contributed by atoms with Gasteiger partial charge in [0.05, 0.1) is 17.0 Å². The summed E-state index contributed by atoms with van der Waals surface area (Å²) >= 11 is 8.22. The van der Waals surface area contributed by atoms with Gasteiger partial charge in [0.2, 0.25) is 5.91 Å². The van der Waals surface area contributed by atoms with Crippen LogP contribution in [0.15, 0.2) is 46.2 Å². The molecule has 0 unspecified atom stereocenters. The van der Waals surface area contributed by atoms with Crippen molar-refractivity contribution in [3.05, 3.63) is 51.9 Å². The van der Waals surface area contributed by atoms with Crippen LogP contribution in [0, 0.1) is 0 Å². The van der Waals surface area contributed by atoms with Gasteiger partial charge in [0.15, 0.2) is 11.5 Å². The van der Waals surface area contributed by atoms with Crippen molar-refractivity contribution in [1.29, 1.82) is 0 Å². The summed E-state index contributed by atoms with van der Waals surface area (Å²) in [6.45, 7) is -0.398. The molecule has 2 aromatic rings. The lowest BCUT2D eigenvalue weighted by Gasteiger charge is -2.12. The SMILES string of the molecule is COc1cc(/C=C2\SC(=O)N(CC(=O)Nc3cccc(SC)c3)C2=O)cc(Cl)c1O. The molecule has 1 aliphatic rings. The summed E-state index contributed by atoms with van der Waals surface area (Å²) in [6, 6.07) is 10.2. The van der Waals surface area contributed by atoms with Crippen LogP contribution in [-0.4, -0.2) is 47.0 Å². The minimum Gasteiger partial charge on any atom is -0.503 e. The van der Waals surface area contributed by atoms with Crippen molar-refractivity contribution in [2.24, 2.45) is 0 Å². The van der Waals surface area contributed by atoms with Crippen LogP contribution >= 0.6 is 35.1 Å². The van der Waals surface area contributed by atoms with Gasteiger partial charge in [-0.3, -0.25) is 19.3 Å². The molecule has 0 atom stereocenters. The maximum absolute atomic E-state index is 12.6. The number of amides is 3. The van der Waals surface area contributed by atoms with Crippen LogP contribution in [0.3, 0.4) is 0 Å². The number of thioether (sulfide) groups is 2. The van der Waals surface area contributed by atoms with Crippen molar-refractivity contribution in [2.45, 2.75) is 4.90 Å². The van der Waals surface area contributed by atoms with E-state index in [1.807, 2.05) is 12.3 Å². The Kier molecular flexibility index (Phi) is 6.96. The lowest BCUT2D eigenvalue weighted by Crippen LogP contribution is -2.36. The summed E-state index contributed by atoms with van der Waals surface area (Å²) in [5.41, 5.74) is 1.05. The average Bonchev–Trinajstić information content (AvgIpc) is 2.97. The molecule has 1 heterocycles. The molecule has 156 valence electrons. The van der Waals surface area contributed by atoms with Gasteiger partial charge < -0.3 is 15.2 Å². The maximum Gasteiger partial charge on any atom is 0.294 e. The Hall–Kier alpha value is -2.62. The first-order valence-corrected chi connectivity index (χ1v) is 11.0. The molecule has 1 fully saturated rings. The molecular weight excluding hydrogens is 448 g/mol. The van der Waals surface area contributed by atoms with Crippen molar-refractivity contribution in [1.82, 2.24) is 4.90 Å². The van der Waals surface area contributed by atoms with Gasteiger partial charge in [-0.1, -0.05) is 17.7 Å². The molecule has 0 aromatic heterocycles. The van der Waals surface area contributed by atoms with E-state index in [4.69, 9.17) is 16.3 Å². The van der Waals surface area contributed by atoms with Crippen LogP contribution < -0.4 is 10.1 Å². The second kappa shape index (κ2) is 9.46. The minimum absolute atomic E-state index is 0.0479. The lowest BCUT2D eigenvalue weighted by atomic mass is 10.2. The number of nitrogens with one attached hydrogen (secondary N) is 1. The number of imide groups is 1. The molecule has 1 aliphatic heterocycles. The number of phenols is 1. The molecule has 0 radical (unpaired) electrons. The standard InChI is InChI=1S/C20H17ClN2O5S2/c1-28-15-7-11(6-14(21)18(15)25)8-16-19(26)23(20(27)30-16)10-17(24)22-12-4-3-5-13(9-12)29-2/h3-9,25H,10H2,1-2H3,(H,22,24)/b16-8-. The molecule has 0 spiro atoms. The number of benzene rings is 2. The zero-order chi connectivity index (χ0) is 21.8. The Bertz CT molecular complexity index is 1060. The zero-order valence-corrected chi connectivity index (χ0v) is 18.4. The minimum atomic E-state index is -0.582. The fraction of sp³-hybridized carbons (Fsp3) is 0.150. The zero-order valence-electron chi connectivity index (χ0n) is 16.0. The fourth-order valence-electron chi connectivity index (χ4n) is 2.67. The molecule has 30 heavy (non-hydrogen) atoms. The van der Waals surface area contributed by atoms with Crippen LogP contribution in [0.25, 0.3) is 6.08 Å². The largest absolute Gasteiger partial charge is 0.503 e. The maximum atomic E-state index is 12.6. The van der Waals surface area contributed by atoms with Crippen molar-refractivity contribution >= 4 is 63.9 Å². The third-order valence-electron chi connectivity index (χ3n) is 4.10. The number of anilines is 1. The van der Waals surface area contributed by atoms with E-state index in [-0.39, 0.29) is 21.4 Å². The van der Waals surface area contributed by atoms with Crippen LogP contribution in [0.4, 0.5) is 10.5 Å². The van der Waals surface area contributed by atoms with E-state index < -0.39 is 23.6 Å². The highest BCUT2D eigenvalue weighted by Gasteiger charge is 2.36. The number of methoxy groups -OCH3 is 1. The summed E-state index contributed by atoms with van der Waals surface area (Å²) in [4.78, 5) is 39.2. The number of halogens is 1. The van der Waals surface area contributed by atoms with Gasteiger partial charge in [-0.15, -0.1) is 11.8 Å². The van der Waals surface area contributed by atoms with E-state index in [0.29, 0.717) is 11.3 Å². The first kappa shape index (κ1) is 22.1. The lowest BCUT2D eigenvalue weighted by molar-refractivity contribution is -0.127. The Labute approximate surface area is 186 Å². The number of rotatable bonds is 6. The van der Waals surface area contributed by atoms with Crippen molar-refractivity contribution in [2.75, 3.05) is 25.2 Å². The number of hydrogen-bond donors (Lipinski definition) is 2. The number of aromatic hydroxyl groups is 1. The summed E-state index contributed by atoms with van der Waals surface area (Å²) < 4.78 is 5.04. The highest BCUT2D eigenvalue weighted by Crippen LogP contribution is 2.37. The molecule has 2 N–H and O–H groups in total. The van der Waals surface area contributed by atoms with Gasteiger partial charge in [0, 0.05) is 10.6 Å². The summed E-state index contributed by atoms with van der Waals surface area (Å²) in [5, 5.41) is 12.0. The molecule has 3 amide bonds. The predicted octanol–water partition coefficient (Wildman–Crippen LogP) is 4.45. The van der Waals surface area contributed by atoms with Gasteiger partial charge >= 0.3 is 0 Å². The fourth-order valence-corrected chi connectivity index (χ4v) is 4.18. The van der Waals surface area contributed by atoms with Crippen LogP contribution in [0.1, 0.15) is 5.56 Å². The Morgan fingerprint density at radius 2 is 2.10 bits per heavy atom. The number of carbonyl (C=O) groups is 3. The monoisotopic (exact) mass is 464 g/mol. The number of hydrogen-bond acceptors (Lipinski definition) is 7. The van der Waals surface area contributed by atoms with Crippen LogP contribution in [-0.2, 0) is 9.59 Å². The smallest absolute Gasteiger partial charge is 0.294 e. The second-order valence-electron chi connectivity index (χ2n) is 6.10. The van der Waals surface area contributed by atoms with Gasteiger partial charge in [-0.05, 0) is 60.0 Å². The number of nitrogens with zero attached hydrogens (tertiary/aromatic N) is 1. The number of phenolic OH excluding ortho intramolecular Hbond substituents is 1. The average molecular weight is 465 g/mol. The summed E-state index contributed by atoms with van der Waals surface area (Å²) in [5.74, 6) is -1.14. The van der Waals surface area contributed by atoms with E-state index in [0.717, 1.165) is 21.6 Å². The van der Waals surface area contributed by atoms with Gasteiger partial charge in [-0.25, -0.2) is 0 Å². The highest BCUT2D eigenvalue weighted by molar-refractivity contribution is 8.18. The molecule has 1 saturated heterocycles. The molecule has 10 heteroatoms. The highest BCUT2D eigenvalue weighted by atomic mass is 35.5. The molecule has 2 aromatic carbocycles. The van der Waals surface area contributed by atoms with Crippen LogP contribution in [0.2, 0.25) is 5.02 Å². The van der Waals surface area contributed by atoms with Gasteiger partial charge in [-0.2, -0.15) is 0 Å². The molecule has 7 nitrogen and oxygen atoms in total. The summed E-state index contributed by atoms with van der Waals surface area (Å²) in [7, 11) is 1.37. The van der Waals surface area contributed by atoms with E-state index in [9.17, 15) is 19.5 Å². The van der Waals surface area contributed by atoms with E-state index in [2.05, 4.69) is 5.32 Å². The molecule has 0 saturated carbocycles. The van der Waals surface area contributed by atoms with E-state index in [1.54, 1.807) is 18.2 Å². The normalized spacial score (nSPS) is 15.0. The Balaban J connectivity index is 1.73. The van der Waals surface area contributed by atoms with E-state index >= 15 is 0 Å². The molecule has 0 bridgehead atoms. The van der Waals surface area contributed by atoms with E-state index in [1.165, 1.54) is 37.1 Å². The number of ether oxygens (including phenoxy) is 1. The van der Waals surface area contributed by atoms with Crippen LogP contribution in [0.5, 0.6) is 11.5 Å². The first-order valence-electron chi connectivity index (χ1n) is 8.58. The van der Waals surface area contributed by atoms with Crippen molar-refractivity contribution in [3.8, 4) is 11.5 Å². The molecular formula is C20H17ClN2O5S2. The Morgan fingerprint density at radius 3 is 2.80 bits per heavy atom. The number of carbonyl (C=O) groups excluding carboxylic acids is 3. The molecule has 3 rings (SSSR count). The van der Waals surface area contributed by atoms with Gasteiger partial charge in [0.25, 0.3) is 11.1 Å². The Morgan fingerprint density at radius 1 is 1.33 bits per heavy atom. The third-order valence-corrected chi connectivity index (χ3v) is 6.02. The topological polar surface area (TPSA) is 95.9 Å². The first-order chi connectivity index (χ1) is 14.3. The van der Waals surface area contributed by atoms with Crippen molar-refractivity contribution in [3.63, 3.8) is 0 Å².